The Hall–Kier alpha value is -3.03. The number of hydrogen-bond acceptors (Lipinski definition) is 4. The number of para-hydroxylation sites is 2. The summed E-state index contributed by atoms with van der Waals surface area (Å²) in [4.78, 5) is 27.1. The average Bonchev–Trinajstić information content (AvgIpc) is 3.04. The largest absolute Gasteiger partial charge is 0.272 e. The highest BCUT2D eigenvalue weighted by molar-refractivity contribution is 8.32. The van der Waals surface area contributed by atoms with Gasteiger partial charge in [0.2, 0.25) is 0 Å². The van der Waals surface area contributed by atoms with Crippen LogP contribution in [0.3, 0.4) is 0 Å². The lowest BCUT2D eigenvalue weighted by atomic mass is 10.1. The quantitative estimate of drug-likeness (QED) is 0.552. The lowest BCUT2D eigenvalue weighted by molar-refractivity contribution is -0.127. The first-order valence-electron chi connectivity index (χ1n) is 9.55. The Kier molecular flexibility index (Phi) is 5.65. The molecule has 0 bridgehead atoms. The molecule has 1 aliphatic heterocycles. The predicted molar refractivity (Wildman–Crippen MR) is 121 cm³/mol. The predicted octanol–water partition coefficient (Wildman–Crippen LogP) is 3.79. The van der Waals surface area contributed by atoms with Crippen molar-refractivity contribution in [2.24, 2.45) is 5.92 Å². The second kappa shape index (κ2) is 8.38. The highest BCUT2D eigenvalue weighted by Crippen LogP contribution is 2.33. The normalized spacial score (nSPS) is 16.7. The van der Waals surface area contributed by atoms with Crippen molar-refractivity contribution >= 4 is 42.9 Å². The molecule has 152 valence electrons. The summed E-state index contributed by atoms with van der Waals surface area (Å²) in [5.41, 5.74) is 1.20. The van der Waals surface area contributed by atoms with Crippen LogP contribution < -0.4 is 10.0 Å². The van der Waals surface area contributed by atoms with E-state index < -0.39 is 14.4 Å². The topological polar surface area (TPSA) is 57.7 Å². The zero-order valence-electron chi connectivity index (χ0n) is 16.1. The summed E-state index contributed by atoms with van der Waals surface area (Å²) in [6, 6.07) is 26.9. The summed E-state index contributed by atoms with van der Waals surface area (Å²) in [5.74, 6) is -1.53. The number of nitrogens with zero attached hydrogens (tertiary/aromatic N) is 2. The molecule has 1 unspecified atom stereocenters. The van der Waals surface area contributed by atoms with Crippen molar-refractivity contribution in [2.75, 3.05) is 15.8 Å². The average molecular weight is 437 g/mol. The Balaban J connectivity index is 1.65. The minimum atomic E-state index is -2.77. The van der Waals surface area contributed by atoms with Crippen LogP contribution in [0.2, 0.25) is 0 Å². The molecule has 0 spiro atoms. The molecular formula is C23H20N2O3S2. The maximum atomic E-state index is 13.3. The van der Waals surface area contributed by atoms with Crippen molar-refractivity contribution in [1.29, 1.82) is 0 Å². The molecular weight excluding hydrogens is 416 g/mol. The van der Waals surface area contributed by atoms with Gasteiger partial charge >= 0.3 is 0 Å². The first kappa shape index (κ1) is 20.3. The smallest absolute Gasteiger partial charge is 0.258 e. The van der Waals surface area contributed by atoms with Crippen molar-refractivity contribution in [1.82, 2.24) is 0 Å². The Morgan fingerprint density at radius 2 is 1.10 bits per heavy atom. The van der Waals surface area contributed by atoms with Gasteiger partial charge in [0.05, 0.1) is 19.9 Å². The molecule has 1 atom stereocenters. The number of hydrogen-bond donors (Lipinski definition) is 0. The summed E-state index contributed by atoms with van der Waals surface area (Å²) < 4.78 is 13.0. The SMILES string of the molecule is O=C1C(CCS(=O)(=S)c2ccccc2)C(=O)N(c2ccccc2)N1c1ccccc1. The molecule has 1 aliphatic rings. The van der Waals surface area contributed by atoms with E-state index in [2.05, 4.69) is 0 Å². The molecule has 0 aliphatic carbocycles. The number of amides is 2. The van der Waals surface area contributed by atoms with Gasteiger partial charge in [0.15, 0.2) is 0 Å². The van der Waals surface area contributed by atoms with Crippen molar-refractivity contribution in [3.8, 4) is 0 Å². The van der Waals surface area contributed by atoms with Gasteiger partial charge in [-0.3, -0.25) is 13.8 Å². The molecule has 0 radical (unpaired) electrons. The molecule has 3 aromatic carbocycles. The van der Waals surface area contributed by atoms with Crippen LogP contribution >= 0.6 is 0 Å². The summed E-state index contributed by atoms with van der Waals surface area (Å²) in [6.07, 6.45) is 0.127. The fourth-order valence-electron chi connectivity index (χ4n) is 3.49. The van der Waals surface area contributed by atoms with E-state index in [0.717, 1.165) is 0 Å². The Bertz CT molecular complexity index is 1090. The van der Waals surface area contributed by atoms with E-state index >= 15 is 0 Å². The number of carbonyl (C=O) groups excluding carboxylic acids is 2. The number of anilines is 2. The highest BCUT2D eigenvalue weighted by Gasteiger charge is 2.47. The fraction of sp³-hybridized carbons (Fsp3) is 0.130. The fourth-order valence-corrected chi connectivity index (χ4v) is 5.46. The summed E-state index contributed by atoms with van der Waals surface area (Å²) >= 11 is 5.35. The molecule has 3 aromatic rings. The number of carbonyl (C=O) groups is 2. The first-order valence-corrected chi connectivity index (χ1v) is 12.2. The Morgan fingerprint density at radius 1 is 0.700 bits per heavy atom. The minimum Gasteiger partial charge on any atom is -0.272 e. The Labute approximate surface area is 180 Å². The number of hydrazine groups is 1. The van der Waals surface area contributed by atoms with Gasteiger partial charge in [-0.05, 0) is 54.0 Å². The van der Waals surface area contributed by atoms with E-state index in [1.165, 1.54) is 10.0 Å². The lowest BCUT2D eigenvalue weighted by Gasteiger charge is -2.27. The molecule has 30 heavy (non-hydrogen) atoms. The molecule has 1 heterocycles. The number of benzene rings is 3. The maximum absolute atomic E-state index is 13.3. The summed E-state index contributed by atoms with van der Waals surface area (Å²) in [5, 5.41) is 2.80. The van der Waals surface area contributed by atoms with Crippen LogP contribution in [0.1, 0.15) is 6.42 Å². The Morgan fingerprint density at radius 3 is 1.53 bits per heavy atom. The van der Waals surface area contributed by atoms with E-state index in [-0.39, 0.29) is 24.0 Å². The third-order valence-corrected chi connectivity index (χ3v) is 7.83. The molecule has 0 N–H and O–H groups in total. The molecule has 4 rings (SSSR count). The van der Waals surface area contributed by atoms with Crippen LogP contribution in [-0.4, -0.2) is 21.8 Å². The molecule has 7 heteroatoms. The first-order chi connectivity index (χ1) is 14.5. The van der Waals surface area contributed by atoms with Crippen molar-refractivity contribution < 1.29 is 13.8 Å². The van der Waals surface area contributed by atoms with Crippen LogP contribution in [0.4, 0.5) is 11.4 Å². The highest BCUT2D eigenvalue weighted by atomic mass is 32.8. The molecule has 5 nitrogen and oxygen atoms in total. The zero-order valence-corrected chi connectivity index (χ0v) is 17.7. The molecule has 0 saturated carbocycles. The van der Waals surface area contributed by atoms with E-state index in [1.54, 1.807) is 48.5 Å². The van der Waals surface area contributed by atoms with Crippen LogP contribution in [0.5, 0.6) is 0 Å². The molecule has 2 amide bonds. The van der Waals surface area contributed by atoms with Gasteiger partial charge in [0.25, 0.3) is 11.8 Å². The number of rotatable bonds is 6. The van der Waals surface area contributed by atoms with Gasteiger partial charge in [0, 0.05) is 10.6 Å². The summed E-state index contributed by atoms with van der Waals surface area (Å²) in [7, 11) is -2.77. The van der Waals surface area contributed by atoms with E-state index in [0.29, 0.717) is 16.3 Å². The van der Waals surface area contributed by atoms with Crippen molar-refractivity contribution in [2.45, 2.75) is 11.3 Å². The minimum absolute atomic E-state index is 0.0831. The van der Waals surface area contributed by atoms with Gasteiger partial charge in [-0.15, -0.1) is 0 Å². The van der Waals surface area contributed by atoms with Crippen molar-refractivity contribution in [3.05, 3.63) is 91.0 Å². The molecule has 0 aromatic heterocycles. The van der Waals surface area contributed by atoms with Gasteiger partial charge in [-0.1, -0.05) is 54.6 Å². The van der Waals surface area contributed by atoms with Crippen LogP contribution in [-0.2, 0) is 29.3 Å². The van der Waals surface area contributed by atoms with E-state index in [1.807, 2.05) is 42.5 Å². The third kappa shape index (κ3) is 3.86. The second-order valence-electron chi connectivity index (χ2n) is 6.94. The van der Waals surface area contributed by atoms with Crippen molar-refractivity contribution in [3.63, 3.8) is 0 Å². The standard InChI is InChI=1S/C23H20N2O3S2/c26-22-21(16-17-30(28,29)20-14-8-3-9-15-20)23(27)25(19-12-6-2-7-13-19)24(22)18-10-4-1-5-11-18/h1-15,21H,16-17H2. The van der Waals surface area contributed by atoms with Gasteiger partial charge in [-0.25, -0.2) is 10.0 Å². The van der Waals surface area contributed by atoms with Crippen LogP contribution in [0, 0.1) is 5.92 Å². The maximum Gasteiger partial charge on any atom is 0.258 e. The van der Waals surface area contributed by atoms with Gasteiger partial charge in [0.1, 0.15) is 5.92 Å². The van der Waals surface area contributed by atoms with Crippen LogP contribution in [0.25, 0.3) is 0 Å². The second-order valence-corrected chi connectivity index (χ2v) is 10.7. The van der Waals surface area contributed by atoms with Crippen LogP contribution in [0.15, 0.2) is 95.9 Å². The molecule has 1 saturated heterocycles. The zero-order chi connectivity index (χ0) is 21.1. The lowest BCUT2D eigenvalue weighted by Crippen LogP contribution is -2.41. The monoisotopic (exact) mass is 436 g/mol. The third-order valence-electron chi connectivity index (χ3n) is 4.99. The van der Waals surface area contributed by atoms with E-state index in [4.69, 9.17) is 11.2 Å². The molecule has 1 fully saturated rings. The summed E-state index contributed by atoms with van der Waals surface area (Å²) in [6.45, 7) is 0. The van der Waals surface area contributed by atoms with Gasteiger partial charge in [-0.2, -0.15) is 0 Å². The van der Waals surface area contributed by atoms with Gasteiger partial charge < -0.3 is 0 Å². The van der Waals surface area contributed by atoms with E-state index in [9.17, 15) is 13.8 Å².